The van der Waals surface area contributed by atoms with E-state index < -0.39 is 10.9 Å². The molecule has 0 unspecified atom stereocenters. The molecule has 5 nitrogen and oxygen atoms in total. The Morgan fingerprint density at radius 3 is 2.67 bits per heavy atom. The normalized spacial score (nSPS) is 23.7. The Morgan fingerprint density at radius 1 is 1.22 bits per heavy atom. The Balaban J connectivity index is 1.50. The highest BCUT2D eigenvalue weighted by Gasteiger charge is 2.57. The van der Waals surface area contributed by atoms with Gasteiger partial charge in [-0.2, -0.15) is 5.26 Å². The van der Waals surface area contributed by atoms with Crippen LogP contribution in [-0.2, 0) is 25.8 Å². The molecule has 0 bridgehead atoms. The first-order valence-corrected chi connectivity index (χ1v) is 9.80. The van der Waals surface area contributed by atoms with Gasteiger partial charge in [0.05, 0.1) is 11.6 Å². The Labute approximate surface area is 161 Å². The molecule has 27 heavy (non-hydrogen) atoms. The second kappa shape index (κ2) is 7.09. The lowest BCUT2D eigenvalue weighted by Crippen LogP contribution is -2.46. The summed E-state index contributed by atoms with van der Waals surface area (Å²) in [7, 11) is 0. The maximum absolute atomic E-state index is 12.7. The minimum absolute atomic E-state index is 0.00387. The van der Waals surface area contributed by atoms with Crippen molar-refractivity contribution in [2.24, 2.45) is 0 Å². The predicted octanol–water partition coefficient (Wildman–Crippen LogP) is 3.19. The topological polar surface area (TPSA) is 70.4 Å². The summed E-state index contributed by atoms with van der Waals surface area (Å²) in [6.45, 7) is 0.131. The molecule has 2 heterocycles. The maximum atomic E-state index is 12.7. The largest absolute Gasteiger partial charge is 0.459 e. The van der Waals surface area contributed by atoms with E-state index >= 15 is 0 Å². The number of esters is 1. The minimum Gasteiger partial charge on any atom is -0.459 e. The molecule has 0 spiro atoms. The fourth-order valence-electron chi connectivity index (χ4n) is 3.74. The molecule has 2 aromatic carbocycles. The lowest BCUT2D eigenvalue weighted by atomic mass is 10.0. The van der Waals surface area contributed by atoms with Crippen molar-refractivity contribution in [2.45, 2.75) is 30.4 Å². The summed E-state index contributed by atoms with van der Waals surface area (Å²) < 4.78 is 5.49. The Bertz CT molecular complexity index is 907. The van der Waals surface area contributed by atoms with E-state index in [-0.39, 0.29) is 18.5 Å². The number of nitriles is 1. The highest BCUT2D eigenvalue weighted by atomic mass is 32.2. The molecule has 0 saturated carbocycles. The summed E-state index contributed by atoms with van der Waals surface area (Å²) in [5.74, 6) is 0.163. The van der Waals surface area contributed by atoms with Crippen molar-refractivity contribution in [3.05, 3.63) is 71.3 Å². The third-order valence-electron chi connectivity index (χ3n) is 5.09. The summed E-state index contributed by atoms with van der Waals surface area (Å²) in [6.07, 6.45) is 1.15. The minimum atomic E-state index is -0.566. The van der Waals surface area contributed by atoms with Gasteiger partial charge in [-0.05, 0) is 29.7 Å². The van der Waals surface area contributed by atoms with Gasteiger partial charge in [0, 0.05) is 12.2 Å². The van der Waals surface area contributed by atoms with Crippen molar-refractivity contribution >= 4 is 23.6 Å². The first-order chi connectivity index (χ1) is 13.1. The zero-order chi connectivity index (χ0) is 18.9. The second-order valence-corrected chi connectivity index (χ2v) is 7.95. The average Bonchev–Trinajstić information content (AvgIpc) is 3.26. The number of ether oxygens (including phenoxy) is 1. The van der Waals surface area contributed by atoms with Gasteiger partial charge in [0.15, 0.2) is 0 Å². The fourth-order valence-corrected chi connectivity index (χ4v) is 5.38. The Kier molecular flexibility index (Phi) is 4.63. The van der Waals surface area contributed by atoms with Crippen LogP contribution in [0.15, 0.2) is 54.6 Å². The number of carbonyl (C=O) groups excluding carboxylic acids is 2. The Hall–Kier alpha value is -2.78. The number of carbonyl (C=O) groups is 2. The first kappa shape index (κ1) is 17.6. The number of nitrogens with zero attached hydrogens (tertiary/aromatic N) is 2. The third kappa shape index (κ3) is 3.08. The van der Waals surface area contributed by atoms with E-state index in [4.69, 9.17) is 10.00 Å². The van der Waals surface area contributed by atoms with Crippen molar-refractivity contribution < 1.29 is 14.3 Å². The average molecular weight is 378 g/mol. The second-order valence-electron chi connectivity index (χ2n) is 6.66. The van der Waals surface area contributed by atoms with Gasteiger partial charge < -0.3 is 9.64 Å². The highest BCUT2D eigenvalue weighted by Crippen LogP contribution is 2.54. The summed E-state index contributed by atoms with van der Waals surface area (Å²) in [5, 5.41) is 8.85. The van der Waals surface area contributed by atoms with Gasteiger partial charge >= 0.3 is 5.97 Å². The van der Waals surface area contributed by atoms with E-state index in [0.29, 0.717) is 24.2 Å². The molecule has 0 aliphatic carbocycles. The monoisotopic (exact) mass is 378 g/mol. The number of hydrogen-bond acceptors (Lipinski definition) is 5. The summed E-state index contributed by atoms with van der Waals surface area (Å²) in [4.78, 5) is 26.6. The molecule has 6 heteroatoms. The van der Waals surface area contributed by atoms with E-state index in [0.717, 1.165) is 11.1 Å². The number of hydrogen-bond donors (Lipinski definition) is 0. The first-order valence-electron chi connectivity index (χ1n) is 8.81. The molecule has 0 radical (unpaired) electrons. The Morgan fingerprint density at radius 2 is 1.96 bits per heavy atom. The third-order valence-corrected chi connectivity index (χ3v) is 6.68. The molecule has 4 rings (SSSR count). The quantitative estimate of drug-likeness (QED) is 0.764. The van der Waals surface area contributed by atoms with Crippen LogP contribution in [0.1, 0.15) is 29.5 Å². The van der Waals surface area contributed by atoms with Crippen LogP contribution in [0.2, 0.25) is 0 Å². The molecule has 2 aromatic rings. The predicted molar refractivity (Wildman–Crippen MR) is 101 cm³/mol. The zero-order valence-corrected chi connectivity index (χ0v) is 15.4. The molecule has 2 fully saturated rings. The molecule has 2 aliphatic heterocycles. The van der Waals surface area contributed by atoms with Crippen LogP contribution in [0, 0.1) is 11.3 Å². The fraction of sp³-hybridized carbons (Fsp3) is 0.286. The molecular formula is C21H18N2O3S. The van der Waals surface area contributed by atoms with E-state index in [1.807, 2.05) is 30.3 Å². The van der Waals surface area contributed by atoms with Crippen LogP contribution in [-0.4, -0.2) is 28.6 Å². The lowest BCUT2D eigenvalue weighted by molar-refractivity contribution is -0.155. The van der Waals surface area contributed by atoms with Gasteiger partial charge in [0.2, 0.25) is 5.91 Å². The maximum Gasteiger partial charge on any atom is 0.330 e. The number of thioether (sulfide) groups is 1. The molecule has 136 valence electrons. The summed E-state index contributed by atoms with van der Waals surface area (Å²) in [5.41, 5.74) is 2.44. The van der Waals surface area contributed by atoms with Crippen LogP contribution >= 0.6 is 11.8 Å². The van der Waals surface area contributed by atoms with E-state index in [1.165, 1.54) is 0 Å². The summed E-state index contributed by atoms with van der Waals surface area (Å²) in [6, 6.07) is 18.3. The van der Waals surface area contributed by atoms with Crippen LogP contribution in [0.4, 0.5) is 0 Å². The standard InChI is InChI=1S/C21H18N2O3S/c22-12-15-6-8-16(9-7-15)13-26-20(25)18-14-27-21(11-10-19(24)23(18)21)17-4-2-1-3-5-17/h1-9,18H,10-11,13-14H2/t18-,21+/m0/s1. The van der Waals surface area contributed by atoms with E-state index in [2.05, 4.69) is 6.07 Å². The van der Waals surface area contributed by atoms with Crippen molar-refractivity contribution in [3.8, 4) is 6.07 Å². The van der Waals surface area contributed by atoms with Gasteiger partial charge in [-0.25, -0.2) is 4.79 Å². The van der Waals surface area contributed by atoms with Crippen molar-refractivity contribution in [1.82, 2.24) is 4.90 Å². The lowest BCUT2D eigenvalue weighted by Gasteiger charge is -2.33. The number of amides is 1. The van der Waals surface area contributed by atoms with Crippen LogP contribution < -0.4 is 0 Å². The number of benzene rings is 2. The molecule has 0 N–H and O–H groups in total. The van der Waals surface area contributed by atoms with Crippen LogP contribution in [0.5, 0.6) is 0 Å². The van der Waals surface area contributed by atoms with Crippen molar-refractivity contribution in [3.63, 3.8) is 0 Å². The highest BCUT2D eigenvalue weighted by molar-refractivity contribution is 8.00. The molecule has 1 amide bonds. The van der Waals surface area contributed by atoms with Crippen molar-refractivity contribution in [1.29, 1.82) is 5.26 Å². The van der Waals surface area contributed by atoms with E-state index in [9.17, 15) is 9.59 Å². The van der Waals surface area contributed by atoms with E-state index in [1.54, 1.807) is 40.9 Å². The van der Waals surface area contributed by atoms with Gasteiger partial charge in [-0.1, -0.05) is 42.5 Å². The summed E-state index contributed by atoms with van der Waals surface area (Å²) >= 11 is 1.65. The molecular weight excluding hydrogens is 360 g/mol. The molecule has 2 atom stereocenters. The van der Waals surface area contributed by atoms with Gasteiger partial charge in [-0.3, -0.25) is 4.79 Å². The van der Waals surface area contributed by atoms with Gasteiger partial charge in [-0.15, -0.1) is 11.8 Å². The molecule has 2 saturated heterocycles. The molecule has 0 aromatic heterocycles. The number of fused-ring (bicyclic) bond motifs is 1. The SMILES string of the molecule is N#Cc1ccc(COC(=O)[C@@H]2CS[C@@]3(c4ccccc4)CCC(=O)N23)cc1. The van der Waals surface area contributed by atoms with Crippen molar-refractivity contribution in [2.75, 3.05) is 5.75 Å². The van der Waals surface area contributed by atoms with Crippen LogP contribution in [0.3, 0.4) is 0 Å². The van der Waals surface area contributed by atoms with Gasteiger partial charge in [0.1, 0.15) is 17.5 Å². The van der Waals surface area contributed by atoms with Crippen LogP contribution in [0.25, 0.3) is 0 Å². The smallest absolute Gasteiger partial charge is 0.330 e. The molecule has 2 aliphatic rings. The van der Waals surface area contributed by atoms with Gasteiger partial charge in [0.25, 0.3) is 0 Å². The zero-order valence-electron chi connectivity index (χ0n) is 14.6. The number of rotatable bonds is 4.